The fourth-order valence-corrected chi connectivity index (χ4v) is 2.87. The van der Waals surface area contributed by atoms with Gasteiger partial charge in [-0.25, -0.2) is 0 Å². The van der Waals surface area contributed by atoms with E-state index < -0.39 is 0 Å². The van der Waals surface area contributed by atoms with Gasteiger partial charge >= 0.3 is 0 Å². The molecule has 0 amide bonds. The second-order valence-electron chi connectivity index (χ2n) is 5.33. The predicted molar refractivity (Wildman–Crippen MR) is 83.5 cm³/mol. The lowest BCUT2D eigenvalue weighted by Gasteiger charge is -2.09. The average Bonchev–Trinajstić information content (AvgIpc) is 2.81. The molecule has 102 valence electrons. The Morgan fingerprint density at radius 2 is 1.75 bits per heavy atom. The molecule has 2 aromatic carbocycles. The van der Waals surface area contributed by atoms with Gasteiger partial charge in [-0.2, -0.15) is 0 Å². The number of ether oxygens (including phenoxy) is 1. The summed E-state index contributed by atoms with van der Waals surface area (Å²) in [7, 11) is 1.72. The minimum Gasteiger partial charge on any atom is -0.496 e. The minimum atomic E-state index is 0.888. The molecular weight excluding hydrogens is 246 g/mol. The van der Waals surface area contributed by atoms with Crippen molar-refractivity contribution >= 4 is 10.9 Å². The summed E-state index contributed by atoms with van der Waals surface area (Å²) in [4.78, 5) is 0. The largest absolute Gasteiger partial charge is 0.496 e. The van der Waals surface area contributed by atoms with E-state index in [0.717, 1.165) is 12.3 Å². The Labute approximate surface area is 119 Å². The van der Waals surface area contributed by atoms with E-state index in [1.54, 1.807) is 7.11 Å². The van der Waals surface area contributed by atoms with Crippen LogP contribution in [0.15, 0.2) is 48.7 Å². The number of aryl methyl sites for hydroxylation is 2. The first-order valence-corrected chi connectivity index (χ1v) is 6.86. The first-order chi connectivity index (χ1) is 9.67. The van der Waals surface area contributed by atoms with Gasteiger partial charge < -0.3 is 9.30 Å². The Bertz CT molecular complexity index is 735. The fourth-order valence-electron chi connectivity index (χ4n) is 2.87. The number of methoxy groups -OCH3 is 1. The van der Waals surface area contributed by atoms with Crippen molar-refractivity contribution in [3.63, 3.8) is 0 Å². The van der Waals surface area contributed by atoms with Crippen molar-refractivity contribution in [3.8, 4) is 5.75 Å². The number of rotatable bonds is 3. The van der Waals surface area contributed by atoms with E-state index in [9.17, 15) is 0 Å². The van der Waals surface area contributed by atoms with Crippen LogP contribution in [0.25, 0.3) is 10.9 Å². The van der Waals surface area contributed by atoms with Gasteiger partial charge in [0.1, 0.15) is 5.75 Å². The van der Waals surface area contributed by atoms with Gasteiger partial charge in [0.05, 0.1) is 12.6 Å². The lowest BCUT2D eigenvalue weighted by Crippen LogP contribution is -1.99. The SMILES string of the molecule is COc1cccc2c1ccn2Cc1cc(C)cc(C)c1. The Balaban J connectivity index is 2.03. The first-order valence-electron chi connectivity index (χ1n) is 6.86. The Kier molecular flexibility index (Phi) is 3.23. The molecule has 3 aromatic rings. The van der Waals surface area contributed by atoms with Crippen LogP contribution in [0, 0.1) is 13.8 Å². The van der Waals surface area contributed by atoms with Crippen LogP contribution in [0.2, 0.25) is 0 Å². The maximum Gasteiger partial charge on any atom is 0.128 e. The molecule has 0 atom stereocenters. The molecule has 0 aliphatic carbocycles. The van der Waals surface area contributed by atoms with Crippen molar-refractivity contribution in [3.05, 3.63) is 65.4 Å². The van der Waals surface area contributed by atoms with Crippen molar-refractivity contribution in [2.75, 3.05) is 7.11 Å². The molecule has 0 N–H and O–H groups in total. The van der Waals surface area contributed by atoms with Gasteiger partial charge in [-0.15, -0.1) is 0 Å². The third-order valence-corrected chi connectivity index (χ3v) is 3.63. The zero-order valence-corrected chi connectivity index (χ0v) is 12.2. The smallest absolute Gasteiger partial charge is 0.128 e. The van der Waals surface area contributed by atoms with Crippen LogP contribution in [-0.2, 0) is 6.54 Å². The fraction of sp³-hybridized carbons (Fsp3) is 0.222. The van der Waals surface area contributed by atoms with E-state index in [0.29, 0.717) is 0 Å². The van der Waals surface area contributed by atoms with Gasteiger partial charge in [0.2, 0.25) is 0 Å². The van der Waals surface area contributed by atoms with E-state index in [1.807, 2.05) is 12.1 Å². The highest BCUT2D eigenvalue weighted by atomic mass is 16.5. The number of aromatic nitrogens is 1. The number of fused-ring (bicyclic) bond motifs is 1. The molecule has 0 fully saturated rings. The zero-order valence-electron chi connectivity index (χ0n) is 12.2. The van der Waals surface area contributed by atoms with Crippen molar-refractivity contribution in [1.29, 1.82) is 0 Å². The van der Waals surface area contributed by atoms with Crippen LogP contribution in [0.5, 0.6) is 5.75 Å². The predicted octanol–water partition coefficient (Wildman–Crippen LogP) is 4.32. The van der Waals surface area contributed by atoms with Gasteiger partial charge in [0, 0.05) is 18.1 Å². The normalized spacial score (nSPS) is 10.9. The van der Waals surface area contributed by atoms with Gasteiger partial charge in [-0.1, -0.05) is 35.4 Å². The average molecular weight is 265 g/mol. The zero-order chi connectivity index (χ0) is 14.1. The molecule has 0 radical (unpaired) electrons. The molecule has 0 spiro atoms. The van der Waals surface area contributed by atoms with Gasteiger partial charge in [-0.05, 0) is 37.6 Å². The highest BCUT2D eigenvalue weighted by molar-refractivity contribution is 5.86. The first kappa shape index (κ1) is 12.8. The molecular formula is C18H19NO. The maximum atomic E-state index is 5.42. The quantitative estimate of drug-likeness (QED) is 0.688. The number of hydrogen-bond acceptors (Lipinski definition) is 1. The minimum absolute atomic E-state index is 0.888. The summed E-state index contributed by atoms with van der Waals surface area (Å²) in [6, 6.07) is 15.0. The third kappa shape index (κ3) is 2.29. The molecule has 3 rings (SSSR count). The van der Waals surface area contributed by atoms with Gasteiger partial charge in [0.25, 0.3) is 0 Å². The molecule has 0 unspecified atom stereocenters. The highest BCUT2D eigenvalue weighted by Gasteiger charge is 2.06. The van der Waals surface area contributed by atoms with Crippen molar-refractivity contribution in [2.45, 2.75) is 20.4 Å². The summed E-state index contributed by atoms with van der Waals surface area (Å²) in [6.45, 7) is 5.18. The van der Waals surface area contributed by atoms with Crippen LogP contribution >= 0.6 is 0 Å². The Hall–Kier alpha value is -2.22. The Morgan fingerprint density at radius 3 is 2.45 bits per heavy atom. The summed E-state index contributed by atoms with van der Waals surface area (Å²) in [5.74, 6) is 0.932. The number of benzene rings is 2. The summed E-state index contributed by atoms with van der Waals surface area (Å²) >= 11 is 0. The number of nitrogens with zero attached hydrogens (tertiary/aromatic N) is 1. The van der Waals surface area contributed by atoms with E-state index in [1.165, 1.54) is 27.6 Å². The molecule has 0 bridgehead atoms. The molecule has 20 heavy (non-hydrogen) atoms. The summed E-state index contributed by atoms with van der Waals surface area (Å²) < 4.78 is 7.69. The van der Waals surface area contributed by atoms with Crippen LogP contribution in [0.1, 0.15) is 16.7 Å². The van der Waals surface area contributed by atoms with Crippen LogP contribution in [-0.4, -0.2) is 11.7 Å². The molecule has 0 aliphatic rings. The second-order valence-corrected chi connectivity index (χ2v) is 5.33. The standard InChI is InChI=1S/C18H19NO/c1-13-9-14(2)11-15(10-13)12-19-8-7-16-17(19)5-4-6-18(16)20-3/h4-11H,12H2,1-3H3. The molecule has 0 aliphatic heterocycles. The van der Waals surface area contributed by atoms with E-state index in [4.69, 9.17) is 4.74 Å². The van der Waals surface area contributed by atoms with Crippen molar-refractivity contribution in [2.24, 2.45) is 0 Å². The van der Waals surface area contributed by atoms with Crippen LogP contribution in [0.3, 0.4) is 0 Å². The van der Waals surface area contributed by atoms with E-state index >= 15 is 0 Å². The molecule has 2 nitrogen and oxygen atoms in total. The van der Waals surface area contributed by atoms with E-state index in [2.05, 4.69) is 54.9 Å². The molecule has 0 saturated carbocycles. The maximum absolute atomic E-state index is 5.42. The second kappa shape index (κ2) is 5.04. The number of hydrogen-bond donors (Lipinski definition) is 0. The lowest BCUT2D eigenvalue weighted by molar-refractivity contribution is 0.420. The molecule has 2 heteroatoms. The van der Waals surface area contributed by atoms with Crippen molar-refractivity contribution in [1.82, 2.24) is 4.57 Å². The molecule has 0 saturated heterocycles. The van der Waals surface area contributed by atoms with Gasteiger partial charge in [-0.3, -0.25) is 0 Å². The van der Waals surface area contributed by atoms with Crippen LogP contribution in [0.4, 0.5) is 0 Å². The monoisotopic (exact) mass is 265 g/mol. The van der Waals surface area contributed by atoms with Gasteiger partial charge in [0.15, 0.2) is 0 Å². The molecule has 1 aromatic heterocycles. The van der Waals surface area contributed by atoms with Crippen molar-refractivity contribution < 1.29 is 4.74 Å². The lowest BCUT2D eigenvalue weighted by atomic mass is 10.1. The third-order valence-electron chi connectivity index (χ3n) is 3.63. The summed E-state index contributed by atoms with van der Waals surface area (Å²) in [5, 5.41) is 1.17. The summed E-state index contributed by atoms with van der Waals surface area (Å²) in [6.07, 6.45) is 2.13. The topological polar surface area (TPSA) is 14.2 Å². The Morgan fingerprint density at radius 1 is 1.00 bits per heavy atom. The van der Waals surface area contributed by atoms with Crippen LogP contribution < -0.4 is 4.74 Å². The molecule has 1 heterocycles. The van der Waals surface area contributed by atoms with E-state index in [-0.39, 0.29) is 0 Å². The highest BCUT2D eigenvalue weighted by Crippen LogP contribution is 2.26. The summed E-state index contributed by atoms with van der Waals surface area (Å²) in [5.41, 5.74) is 5.18.